The Morgan fingerprint density at radius 2 is 1.77 bits per heavy atom. The van der Waals surface area contributed by atoms with Crippen LogP contribution in [-0.2, 0) is 9.53 Å². The average Bonchev–Trinajstić information content (AvgIpc) is 3.03. The van der Waals surface area contributed by atoms with E-state index in [-0.39, 0.29) is 5.91 Å². The van der Waals surface area contributed by atoms with Crippen LogP contribution in [0.4, 0.5) is 5.69 Å². The second-order valence-corrected chi connectivity index (χ2v) is 9.05. The molecule has 0 aromatic heterocycles. The van der Waals surface area contributed by atoms with Gasteiger partial charge in [0.25, 0.3) is 5.91 Å². The van der Waals surface area contributed by atoms with E-state index in [2.05, 4.69) is 17.1 Å². The minimum atomic E-state index is -0.677. The first kappa shape index (κ1) is 23.1. The fourth-order valence-corrected chi connectivity index (χ4v) is 4.66. The van der Waals surface area contributed by atoms with E-state index in [1.54, 1.807) is 0 Å². The maximum absolute atomic E-state index is 13.0. The molecule has 1 aliphatic heterocycles. The van der Waals surface area contributed by atoms with Crippen LogP contribution in [0.25, 0.3) is 0 Å². The minimum Gasteiger partial charge on any atom is -0.494 e. The maximum atomic E-state index is 13.0. The number of carbonyl (C=O) groups is 1. The Labute approximate surface area is 182 Å². The molecule has 1 saturated heterocycles. The lowest BCUT2D eigenvalue weighted by atomic mass is 9.78. The van der Waals surface area contributed by atoms with Crippen LogP contribution in [0.2, 0.25) is 0 Å². The molecule has 30 heavy (non-hydrogen) atoms. The largest absolute Gasteiger partial charge is 0.494 e. The van der Waals surface area contributed by atoms with E-state index in [0.29, 0.717) is 12.5 Å². The van der Waals surface area contributed by atoms with Gasteiger partial charge in [0.2, 0.25) is 0 Å². The standard InChI is InChI=1S/C25H40N2O3/c1-3-30-25(15-13-21(2)14-16-25)24(28)26-22-9-11-23(12-10-22)29-20-8-19-27-17-6-4-5-7-18-27/h9-12,21H,3-8,13-20H2,1-2H3,(H,26,28). The molecule has 2 fully saturated rings. The van der Waals surface area contributed by atoms with Crippen LogP contribution >= 0.6 is 0 Å². The highest BCUT2D eigenvalue weighted by Gasteiger charge is 2.41. The van der Waals surface area contributed by atoms with Gasteiger partial charge < -0.3 is 19.7 Å². The third kappa shape index (κ3) is 6.71. The molecular weight excluding hydrogens is 376 g/mol. The molecule has 2 aliphatic rings. The van der Waals surface area contributed by atoms with E-state index >= 15 is 0 Å². The third-order valence-corrected chi connectivity index (χ3v) is 6.61. The van der Waals surface area contributed by atoms with E-state index in [1.165, 1.54) is 38.8 Å². The molecule has 1 aromatic carbocycles. The monoisotopic (exact) mass is 416 g/mol. The van der Waals surface area contributed by atoms with Gasteiger partial charge in [-0.2, -0.15) is 0 Å². The highest BCUT2D eigenvalue weighted by Crippen LogP contribution is 2.36. The molecule has 1 aliphatic carbocycles. The van der Waals surface area contributed by atoms with E-state index in [0.717, 1.165) is 56.7 Å². The summed E-state index contributed by atoms with van der Waals surface area (Å²) in [5.41, 5.74) is 0.124. The van der Waals surface area contributed by atoms with E-state index in [4.69, 9.17) is 9.47 Å². The summed E-state index contributed by atoms with van der Waals surface area (Å²) in [6.07, 6.45) is 10.1. The molecule has 0 unspecified atom stereocenters. The van der Waals surface area contributed by atoms with Crippen LogP contribution < -0.4 is 10.1 Å². The number of hydrogen-bond donors (Lipinski definition) is 1. The van der Waals surface area contributed by atoms with Gasteiger partial charge in [-0.3, -0.25) is 4.79 Å². The summed E-state index contributed by atoms with van der Waals surface area (Å²) in [5.74, 6) is 1.51. The first-order valence-corrected chi connectivity index (χ1v) is 12.0. The predicted molar refractivity (Wildman–Crippen MR) is 122 cm³/mol. The van der Waals surface area contributed by atoms with Crippen molar-refractivity contribution < 1.29 is 14.3 Å². The van der Waals surface area contributed by atoms with Crippen molar-refractivity contribution in [3.05, 3.63) is 24.3 Å². The summed E-state index contributed by atoms with van der Waals surface area (Å²) in [6.45, 7) is 9.09. The Kier molecular flexibility index (Phi) is 9.01. The molecule has 0 spiro atoms. The van der Waals surface area contributed by atoms with Crippen molar-refractivity contribution in [1.82, 2.24) is 4.90 Å². The van der Waals surface area contributed by atoms with Crippen molar-refractivity contribution in [3.63, 3.8) is 0 Å². The molecular formula is C25H40N2O3. The molecule has 168 valence electrons. The summed E-state index contributed by atoms with van der Waals surface area (Å²) in [6, 6.07) is 7.73. The summed E-state index contributed by atoms with van der Waals surface area (Å²) >= 11 is 0. The number of ether oxygens (including phenoxy) is 2. The van der Waals surface area contributed by atoms with Crippen LogP contribution in [0.1, 0.15) is 71.6 Å². The fourth-order valence-electron chi connectivity index (χ4n) is 4.66. The average molecular weight is 417 g/mol. The number of benzene rings is 1. The number of likely N-dealkylation sites (tertiary alicyclic amines) is 1. The number of nitrogens with one attached hydrogen (secondary N) is 1. The quantitative estimate of drug-likeness (QED) is 0.558. The topological polar surface area (TPSA) is 50.8 Å². The summed E-state index contributed by atoms with van der Waals surface area (Å²) in [4.78, 5) is 15.5. The van der Waals surface area contributed by atoms with Crippen LogP contribution in [0.5, 0.6) is 5.75 Å². The highest BCUT2D eigenvalue weighted by atomic mass is 16.5. The Bertz CT molecular complexity index is 630. The van der Waals surface area contributed by atoms with Crippen molar-refractivity contribution in [2.75, 3.05) is 38.2 Å². The molecule has 1 aromatic rings. The Morgan fingerprint density at radius 3 is 2.40 bits per heavy atom. The fraction of sp³-hybridized carbons (Fsp3) is 0.720. The van der Waals surface area contributed by atoms with Crippen LogP contribution in [0.3, 0.4) is 0 Å². The van der Waals surface area contributed by atoms with Gasteiger partial charge in [0.15, 0.2) is 0 Å². The molecule has 1 saturated carbocycles. The summed E-state index contributed by atoms with van der Waals surface area (Å²) in [5, 5.41) is 3.07. The number of rotatable bonds is 9. The number of carbonyl (C=O) groups excluding carboxylic acids is 1. The Morgan fingerprint density at radius 1 is 1.10 bits per heavy atom. The smallest absolute Gasteiger partial charge is 0.256 e. The van der Waals surface area contributed by atoms with Crippen LogP contribution in [-0.4, -0.2) is 49.3 Å². The molecule has 0 radical (unpaired) electrons. The van der Waals surface area contributed by atoms with Gasteiger partial charge in [-0.05, 0) is 95.1 Å². The maximum Gasteiger partial charge on any atom is 0.256 e. The third-order valence-electron chi connectivity index (χ3n) is 6.61. The van der Waals surface area contributed by atoms with Crippen molar-refractivity contribution in [2.24, 2.45) is 5.92 Å². The first-order valence-electron chi connectivity index (χ1n) is 12.0. The van der Waals surface area contributed by atoms with Gasteiger partial charge in [0.05, 0.1) is 6.61 Å². The predicted octanol–water partition coefficient (Wildman–Crippen LogP) is 5.26. The number of hydrogen-bond acceptors (Lipinski definition) is 4. The SMILES string of the molecule is CCOC1(C(=O)Nc2ccc(OCCCN3CCCCCC3)cc2)CCC(C)CC1. The lowest BCUT2D eigenvalue weighted by Gasteiger charge is -2.37. The van der Waals surface area contributed by atoms with Crippen molar-refractivity contribution >= 4 is 11.6 Å². The zero-order valence-corrected chi connectivity index (χ0v) is 19.0. The van der Waals surface area contributed by atoms with E-state index in [1.807, 2.05) is 31.2 Å². The number of anilines is 1. The lowest BCUT2D eigenvalue weighted by Crippen LogP contribution is -2.48. The molecule has 1 heterocycles. The molecule has 1 N–H and O–H groups in total. The normalized spacial score (nSPS) is 25.5. The molecule has 5 nitrogen and oxygen atoms in total. The first-order chi connectivity index (χ1) is 14.6. The lowest BCUT2D eigenvalue weighted by molar-refractivity contribution is -0.146. The van der Waals surface area contributed by atoms with Gasteiger partial charge in [-0.1, -0.05) is 19.8 Å². The second kappa shape index (κ2) is 11.7. The summed E-state index contributed by atoms with van der Waals surface area (Å²) in [7, 11) is 0. The Balaban J connectivity index is 1.43. The van der Waals surface area contributed by atoms with Crippen molar-refractivity contribution in [1.29, 1.82) is 0 Å². The van der Waals surface area contributed by atoms with Gasteiger partial charge >= 0.3 is 0 Å². The van der Waals surface area contributed by atoms with Gasteiger partial charge in [-0.15, -0.1) is 0 Å². The van der Waals surface area contributed by atoms with Gasteiger partial charge in [-0.25, -0.2) is 0 Å². The van der Waals surface area contributed by atoms with E-state index < -0.39 is 5.60 Å². The van der Waals surface area contributed by atoms with Crippen LogP contribution in [0, 0.1) is 5.92 Å². The zero-order valence-electron chi connectivity index (χ0n) is 19.0. The highest BCUT2D eigenvalue weighted by molar-refractivity contribution is 5.97. The molecule has 5 heteroatoms. The van der Waals surface area contributed by atoms with Gasteiger partial charge in [0.1, 0.15) is 11.4 Å². The zero-order chi connectivity index (χ0) is 21.2. The van der Waals surface area contributed by atoms with Gasteiger partial charge in [0, 0.05) is 18.8 Å². The second-order valence-electron chi connectivity index (χ2n) is 9.05. The minimum absolute atomic E-state index is 0.0117. The molecule has 0 atom stereocenters. The summed E-state index contributed by atoms with van der Waals surface area (Å²) < 4.78 is 11.9. The molecule has 0 bridgehead atoms. The number of amides is 1. The van der Waals surface area contributed by atoms with Crippen molar-refractivity contribution in [2.45, 2.75) is 77.2 Å². The molecule has 1 amide bonds. The van der Waals surface area contributed by atoms with E-state index in [9.17, 15) is 4.79 Å². The van der Waals surface area contributed by atoms with Crippen LogP contribution in [0.15, 0.2) is 24.3 Å². The molecule has 3 rings (SSSR count). The van der Waals surface area contributed by atoms with Crippen molar-refractivity contribution in [3.8, 4) is 5.75 Å². The number of nitrogens with zero attached hydrogens (tertiary/aromatic N) is 1. The Hall–Kier alpha value is -1.59.